The largest absolute Gasteiger partial charge is 0.496 e. The van der Waals surface area contributed by atoms with E-state index in [-0.39, 0.29) is 22.2 Å². The number of aromatic nitrogens is 1. The summed E-state index contributed by atoms with van der Waals surface area (Å²) in [5.74, 6) is 0.505. The molecule has 1 atom stereocenters. The molecule has 1 aliphatic carbocycles. The fourth-order valence-corrected chi connectivity index (χ4v) is 4.84. The molecule has 1 fully saturated rings. The van der Waals surface area contributed by atoms with Crippen molar-refractivity contribution in [3.63, 3.8) is 0 Å². The number of nitriles is 1. The Morgan fingerprint density at radius 3 is 2.73 bits per heavy atom. The monoisotopic (exact) mass is 512 g/mol. The van der Waals surface area contributed by atoms with Gasteiger partial charge in [0.2, 0.25) is 5.91 Å². The second-order valence-electron chi connectivity index (χ2n) is 7.73. The number of rotatable bonds is 8. The van der Waals surface area contributed by atoms with Gasteiger partial charge in [-0.2, -0.15) is 10.4 Å². The Kier molecular flexibility index (Phi) is 7.52. The number of ether oxygens (including phenoxy) is 1. The van der Waals surface area contributed by atoms with Gasteiger partial charge in [0, 0.05) is 11.3 Å². The third-order valence-corrected chi connectivity index (χ3v) is 7.47. The minimum Gasteiger partial charge on any atom is -0.496 e. The highest BCUT2D eigenvalue weighted by molar-refractivity contribution is 7.98. The summed E-state index contributed by atoms with van der Waals surface area (Å²) in [6.45, 7) is 3.26. The highest BCUT2D eigenvalue weighted by Gasteiger charge is 2.68. The molecular weight excluding hydrogens is 493 g/mol. The fourth-order valence-electron chi connectivity index (χ4n) is 3.09. The molecule has 0 aliphatic heterocycles. The molecule has 0 radical (unpaired) electrons. The fraction of sp³-hybridized carbons (Fsp3) is 0.364. The number of thioether (sulfide) groups is 1. The summed E-state index contributed by atoms with van der Waals surface area (Å²) in [6.07, 6.45) is -0.929. The molecule has 0 spiro atoms. The minimum atomic E-state index is -2.74. The first kappa shape index (κ1) is 25.2. The third-order valence-electron chi connectivity index (χ3n) is 5.35. The highest BCUT2D eigenvalue weighted by Crippen LogP contribution is 2.63. The normalized spacial score (nSPS) is 18.9. The lowest BCUT2D eigenvalue weighted by molar-refractivity contribution is -0.125. The number of pyridine rings is 1. The number of nitrogens with zero attached hydrogens (tertiary/aromatic N) is 3. The smallest absolute Gasteiger partial charge is 0.280 e. The van der Waals surface area contributed by atoms with Crippen molar-refractivity contribution in [1.29, 1.82) is 5.26 Å². The lowest BCUT2D eigenvalue weighted by atomic mass is 10.1. The van der Waals surface area contributed by atoms with Gasteiger partial charge in [-0.05, 0) is 55.7 Å². The zero-order chi connectivity index (χ0) is 24.4. The van der Waals surface area contributed by atoms with E-state index in [2.05, 4.69) is 15.5 Å². The number of carbonyl (C=O) groups is 1. The van der Waals surface area contributed by atoms with Gasteiger partial charge in [0.25, 0.3) is 6.43 Å². The topological polar surface area (TPSA) is 87.4 Å². The molecule has 0 unspecified atom stereocenters. The van der Waals surface area contributed by atoms with Crippen molar-refractivity contribution < 1.29 is 18.3 Å². The predicted molar refractivity (Wildman–Crippen MR) is 124 cm³/mol. The van der Waals surface area contributed by atoms with Crippen molar-refractivity contribution in [3.8, 4) is 11.8 Å². The number of amides is 1. The Bertz CT molecular complexity index is 1150. The Morgan fingerprint density at radius 2 is 2.15 bits per heavy atom. The van der Waals surface area contributed by atoms with Gasteiger partial charge in [-0.1, -0.05) is 0 Å². The summed E-state index contributed by atoms with van der Waals surface area (Å²) >= 11 is 13.2. The van der Waals surface area contributed by atoms with E-state index in [4.69, 9.17) is 27.9 Å². The Morgan fingerprint density at radius 1 is 1.45 bits per heavy atom. The van der Waals surface area contributed by atoms with Crippen LogP contribution in [0.15, 0.2) is 34.4 Å². The van der Waals surface area contributed by atoms with Crippen LogP contribution in [-0.4, -0.2) is 28.5 Å². The lowest BCUT2D eigenvalue weighted by Crippen LogP contribution is -2.29. The van der Waals surface area contributed by atoms with Crippen LogP contribution in [0.4, 0.5) is 8.78 Å². The quantitative estimate of drug-likeness (QED) is 0.217. The van der Waals surface area contributed by atoms with Gasteiger partial charge in [0.05, 0.1) is 24.3 Å². The average Bonchev–Trinajstić information content (AvgIpc) is 3.30. The number of carbonyl (C=O) groups excluding carboxylic acids is 1. The van der Waals surface area contributed by atoms with Crippen LogP contribution < -0.4 is 10.2 Å². The maximum absolute atomic E-state index is 13.2. The first-order valence-electron chi connectivity index (χ1n) is 9.73. The van der Waals surface area contributed by atoms with Crippen molar-refractivity contribution in [1.82, 2.24) is 10.4 Å². The van der Waals surface area contributed by atoms with Crippen LogP contribution in [0.2, 0.25) is 0 Å². The van der Waals surface area contributed by atoms with E-state index in [1.54, 1.807) is 32.0 Å². The van der Waals surface area contributed by atoms with E-state index in [1.807, 2.05) is 6.07 Å². The third kappa shape index (κ3) is 5.40. The molecule has 0 bridgehead atoms. The molecule has 1 amide bonds. The maximum Gasteiger partial charge on any atom is 0.280 e. The molecule has 6 nitrogen and oxygen atoms in total. The summed E-state index contributed by atoms with van der Waals surface area (Å²) < 4.78 is 30.6. The van der Waals surface area contributed by atoms with Gasteiger partial charge < -0.3 is 4.74 Å². The summed E-state index contributed by atoms with van der Waals surface area (Å²) in [5.41, 5.74) is 3.28. The molecule has 3 rings (SSSR count). The van der Waals surface area contributed by atoms with Crippen molar-refractivity contribution in [3.05, 3.63) is 52.2 Å². The van der Waals surface area contributed by atoms with E-state index in [1.165, 1.54) is 19.4 Å². The molecule has 2 aromatic rings. The number of aryl methyl sites for hydroxylation is 1. The van der Waals surface area contributed by atoms with E-state index in [9.17, 15) is 18.8 Å². The van der Waals surface area contributed by atoms with Crippen molar-refractivity contribution >= 4 is 47.1 Å². The van der Waals surface area contributed by atoms with Crippen LogP contribution >= 0.6 is 35.0 Å². The number of hydrogen-bond donors (Lipinski definition) is 1. The summed E-state index contributed by atoms with van der Waals surface area (Å²) in [6, 6.07) is 8.50. The SMILES string of the molecule is COc1ccc(C=NNC(=O)[C@]2(C)CC2(Cl)Cl)cc1CSc1nc(C(F)F)cc(C)c1C#N. The minimum absolute atomic E-state index is 0.226. The van der Waals surface area contributed by atoms with Crippen LogP contribution in [0.5, 0.6) is 5.75 Å². The molecule has 0 saturated heterocycles. The maximum atomic E-state index is 13.2. The predicted octanol–water partition coefficient (Wildman–Crippen LogP) is 5.53. The molecular formula is C22H20Cl2F2N4O2S. The van der Waals surface area contributed by atoms with Gasteiger partial charge >= 0.3 is 0 Å². The van der Waals surface area contributed by atoms with E-state index >= 15 is 0 Å². The van der Waals surface area contributed by atoms with Crippen molar-refractivity contribution in [2.45, 2.75) is 41.8 Å². The van der Waals surface area contributed by atoms with Crippen molar-refractivity contribution in [2.75, 3.05) is 7.11 Å². The molecule has 1 aliphatic rings. The summed E-state index contributed by atoms with van der Waals surface area (Å²) in [7, 11) is 1.51. The number of methoxy groups -OCH3 is 1. The lowest BCUT2D eigenvalue weighted by Gasteiger charge is -2.12. The van der Waals surface area contributed by atoms with Gasteiger partial charge in [0.15, 0.2) is 0 Å². The second kappa shape index (κ2) is 9.84. The van der Waals surface area contributed by atoms with E-state index < -0.39 is 16.2 Å². The Labute approximate surface area is 204 Å². The zero-order valence-electron chi connectivity index (χ0n) is 18.0. The standard InChI is InChI=1S/C22H20Cl2F2N4O2S/c1-12-6-16(18(25)26)29-19(15(12)8-27)33-10-14-7-13(4-5-17(14)32-3)9-28-30-20(31)21(2)11-22(21,23)24/h4-7,9,18H,10-11H2,1-3H3,(H,30,31)/t21-/m0/s1. The van der Waals surface area contributed by atoms with E-state index in [0.717, 1.165) is 17.3 Å². The Hall–Kier alpha value is -2.41. The van der Waals surface area contributed by atoms with Gasteiger partial charge in [-0.15, -0.1) is 35.0 Å². The van der Waals surface area contributed by atoms with Gasteiger partial charge in [-0.25, -0.2) is 19.2 Å². The number of halogens is 4. The molecule has 1 N–H and O–H groups in total. The first-order chi connectivity index (χ1) is 15.5. The molecule has 174 valence electrons. The second-order valence-corrected chi connectivity index (χ2v) is 10.2. The number of hydrogen-bond acceptors (Lipinski definition) is 6. The van der Waals surface area contributed by atoms with Crippen LogP contribution in [0.3, 0.4) is 0 Å². The number of benzene rings is 1. The first-order valence-corrected chi connectivity index (χ1v) is 11.5. The number of alkyl halides is 4. The summed E-state index contributed by atoms with van der Waals surface area (Å²) in [5, 5.41) is 13.6. The molecule has 1 saturated carbocycles. The van der Waals surface area contributed by atoms with E-state index in [0.29, 0.717) is 29.1 Å². The Balaban J connectivity index is 1.76. The molecule has 33 heavy (non-hydrogen) atoms. The summed E-state index contributed by atoms with van der Waals surface area (Å²) in [4.78, 5) is 16.2. The van der Waals surface area contributed by atoms with Gasteiger partial charge in [0.1, 0.15) is 26.9 Å². The molecule has 1 heterocycles. The molecule has 1 aromatic carbocycles. The van der Waals surface area contributed by atoms with Crippen LogP contribution in [0.1, 0.15) is 47.7 Å². The number of nitrogens with one attached hydrogen (secondary N) is 1. The molecule has 11 heteroatoms. The zero-order valence-corrected chi connectivity index (χ0v) is 20.3. The number of hydrazone groups is 1. The van der Waals surface area contributed by atoms with Crippen molar-refractivity contribution in [2.24, 2.45) is 10.5 Å². The highest BCUT2D eigenvalue weighted by atomic mass is 35.5. The average molecular weight is 513 g/mol. The van der Waals surface area contributed by atoms with Crippen LogP contribution in [0.25, 0.3) is 0 Å². The molecule has 1 aromatic heterocycles. The van der Waals surface area contributed by atoms with Gasteiger partial charge in [-0.3, -0.25) is 4.79 Å². The van der Waals surface area contributed by atoms with Crippen LogP contribution in [-0.2, 0) is 10.5 Å². The van der Waals surface area contributed by atoms with Crippen LogP contribution in [0, 0.1) is 23.7 Å².